The Balaban J connectivity index is 1.27. The van der Waals surface area contributed by atoms with Gasteiger partial charge >= 0.3 is 5.97 Å². The van der Waals surface area contributed by atoms with Gasteiger partial charge in [0.05, 0.1) is 5.92 Å². The van der Waals surface area contributed by atoms with Crippen molar-refractivity contribution in [2.24, 2.45) is 5.92 Å². The molecule has 2 heterocycles. The minimum absolute atomic E-state index is 0.0401. The van der Waals surface area contributed by atoms with Crippen molar-refractivity contribution in [2.75, 3.05) is 39.3 Å². The van der Waals surface area contributed by atoms with Crippen molar-refractivity contribution in [3.05, 3.63) is 70.3 Å². The molecule has 1 aliphatic carbocycles. The third-order valence-electron chi connectivity index (χ3n) is 9.14. The molecule has 3 aliphatic rings. The minimum Gasteiger partial charge on any atom is -0.480 e. The smallest absolute Gasteiger partial charge is 0.321 e. The number of halogens is 2. The fourth-order valence-corrected chi connectivity index (χ4v) is 6.72. The fourth-order valence-electron chi connectivity index (χ4n) is 6.72. The number of carboxylic acid groups (broad SMARTS) is 1. The summed E-state index contributed by atoms with van der Waals surface area (Å²) in [6.45, 7) is 9.04. The summed E-state index contributed by atoms with van der Waals surface area (Å²) in [6, 6.07) is 9.37. The van der Waals surface area contributed by atoms with Crippen LogP contribution >= 0.6 is 0 Å². The lowest BCUT2D eigenvalue weighted by atomic mass is 9.87. The summed E-state index contributed by atoms with van der Waals surface area (Å²) in [5, 5.41) is 10.1. The van der Waals surface area contributed by atoms with Crippen molar-refractivity contribution in [3.63, 3.8) is 0 Å². The van der Waals surface area contributed by atoms with E-state index in [1.807, 2.05) is 4.90 Å². The normalized spacial score (nSPS) is 23.2. The zero-order chi connectivity index (χ0) is 28.6. The predicted octanol–water partition coefficient (Wildman–Crippen LogP) is 4.50. The van der Waals surface area contributed by atoms with E-state index in [1.165, 1.54) is 36.1 Å². The van der Waals surface area contributed by atoms with Gasteiger partial charge in [-0.05, 0) is 81.2 Å². The van der Waals surface area contributed by atoms with Crippen molar-refractivity contribution in [1.29, 1.82) is 0 Å². The number of amides is 1. The summed E-state index contributed by atoms with van der Waals surface area (Å²) < 4.78 is 28.5. The standard InChI is InChI=1S/C32H41F2N3O3/c1-32(2,3)37-19-26(25-11-10-24(33)18-28(25)34)27(20-37)30(38)36-14-12-35(13-15-36)29(31(39)40)17-21-8-9-22-6-4-5-7-23(22)16-21/h8-11,16,18,26-27,29H,4-7,12-15,17,19-20H2,1-3H3,(H,39,40)/t26-,27+,29-/m0/s1. The SMILES string of the molecule is CC(C)(C)N1C[C@@H](C(=O)N2CCN([C@@H](Cc3ccc4c(c3)CCCC4)C(=O)O)CC2)[C@H](c2ccc(F)cc2F)C1. The monoisotopic (exact) mass is 553 g/mol. The Bertz CT molecular complexity index is 1250. The molecule has 2 aromatic rings. The zero-order valence-electron chi connectivity index (χ0n) is 23.8. The molecule has 8 heteroatoms. The first-order valence-electron chi connectivity index (χ1n) is 14.6. The highest BCUT2D eigenvalue weighted by atomic mass is 19.1. The summed E-state index contributed by atoms with van der Waals surface area (Å²) in [6.07, 6.45) is 4.97. The number of piperazine rings is 1. The summed E-state index contributed by atoms with van der Waals surface area (Å²) in [4.78, 5) is 32.1. The number of carbonyl (C=O) groups excluding carboxylic acids is 1. The van der Waals surface area contributed by atoms with E-state index in [0.29, 0.717) is 51.3 Å². The number of benzene rings is 2. The van der Waals surface area contributed by atoms with E-state index in [1.54, 1.807) is 4.90 Å². The highest BCUT2D eigenvalue weighted by Gasteiger charge is 2.45. The quantitative estimate of drug-likeness (QED) is 0.571. The molecule has 2 fully saturated rings. The average Bonchev–Trinajstić information content (AvgIpc) is 3.37. The van der Waals surface area contributed by atoms with Gasteiger partial charge in [-0.15, -0.1) is 0 Å². The molecule has 2 saturated heterocycles. The molecule has 2 aliphatic heterocycles. The molecular formula is C32H41F2N3O3. The molecule has 0 spiro atoms. The molecule has 1 N–H and O–H groups in total. The lowest BCUT2D eigenvalue weighted by Gasteiger charge is -2.39. The van der Waals surface area contributed by atoms with Gasteiger partial charge < -0.3 is 10.0 Å². The Morgan fingerprint density at radius 1 is 0.950 bits per heavy atom. The van der Waals surface area contributed by atoms with Crippen LogP contribution in [0.15, 0.2) is 36.4 Å². The van der Waals surface area contributed by atoms with Gasteiger partial charge in [-0.25, -0.2) is 8.78 Å². The molecule has 40 heavy (non-hydrogen) atoms. The summed E-state index contributed by atoms with van der Waals surface area (Å²) in [5.41, 5.74) is 3.94. The van der Waals surface area contributed by atoms with Gasteiger partial charge in [-0.3, -0.25) is 19.4 Å². The second kappa shape index (κ2) is 11.6. The number of likely N-dealkylation sites (tertiary alicyclic amines) is 1. The zero-order valence-corrected chi connectivity index (χ0v) is 23.8. The Kier molecular flexibility index (Phi) is 8.30. The van der Waals surface area contributed by atoms with Crippen LogP contribution in [-0.4, -0.2) is 82.5 Å². The van der Waals surface area contributed by atoms with Gasteiger partial charge in [0.25, 0.3) is 0 Å². The molecule has 5 rings (SSSR count). The molecule has 0 aromatic heterocycles. The van der Waals surface area contributed by atoms with Crippen molar-refractivity contribution in [2.45, 2.75) is 70.4 Å². The highest BCUT2D eigenvalue weighted by molar-refractivity contribution is 5.81. The summed E-state index contributed by atoms with van der Waals surface area (Å²) >= 11 is 0. The second-order valence-corrected chi connectivity index (χ2v) is 12.7. The van der Waals surface area contributed by atoms with Crippen LogP contribution < -0.4 is 0 Å². The topological polar surface area (TPSA) is 64.1 Å². The van der Waals surface area contributed by atoms with Gasteiger partial charge in [0, 0.05) is 56.8 Å². The largest absolute Gasteiger partial charge is 0.480 e. The van der Waals surface area contributed by atoms with Gasteiger partial charge in [0.15, 0.2) is 0 Å². The lowest BCUT2D eigenvalue weighted by molar-refractivity contribution is -0.145. The number of carboxylic acids is 1. The molecule has 6 nitrogen and oxygen atoms in total. The van der Waals surface area contributed by atoms with Gasteiger partial charge in [0.1, 0.15) is 17.7 Å². The number of hydrogen-bond acceptors (Lipinski definition) is 4. The van der Waals surface area contributed by atoms with E-state index in [-0.39, 0.29) is 17.4 Å². The maximum Gasteiger partial charge on any atom is 0.321 e. The first-order valence-corrected chi connectivity index (χ1v) is 14.6. The van der Waals surface area contributed by atoms with E-state index in [4.69, 9.17) is 0 Å². The first kappa shape index (κ1) is 28.7. The number of carbonyl (C=O) groups is 2. The third-order valence-corrected chi connectivity index (χ3v) is 9.14. The minimum atomic E-state index is -0.846. The molecule has 216 valence electrons. The molecule has 2 aromatic carbocycles. The van der Waals surface area contributed by atoms with Crippen molar-refractivity contribution in [1.82, 2.24) is 14.7 Å². The highest BCUT2D eigenvalue weighted by Crippen LogP contribution is 2.38. The maximum atomic E-state index is 14.8. The van der Waals surface area contributed by atoms with Crippen LogP contribution in [0.2, 0.25) is 0 Å². The lowest BCUT2D eigenvalue weighted by Crippen LogP contribution is -2.56. The number of hydrogen-bond donors (Lipinski definition) is 1. The number of rotatable bonds is 6. The number of fused-ring (bicyclic) bond motifs is 1. The summed E-state index contributed by atoms with van der Waals surface area (Å²) in [5.74, 6) is -2.95. The number of aliphatic carboxylic acids is 1. The fraction of sp³-hybridized carbons (Fsp3) is 0.562. The molecule has 1 amide bonds. The summed E-state index contributed by atoms with van der Waals surface area (Å²) in [7, 11) is 0. The Morgan fingerprint density at radius 3 is 2.30 bits per heavy atom. The first-order chi connectivity index (χ1) is 19.0. The van der Waals surface area contributed by atoms with Crippen LogP contribution in [0.3, 0.4) is 0 Å². The Labute approximate surface area is 235 Å². The van der Waals surface area contributed by atoms with Crippen molar-refractivity contribution in [3.8, 4) is 0 Å². The Morgan fingerprint density at radius 2 is 1.65 bits per heavy atom. The average molecular weight is 554 g/mol. The van der Waals surface area contributed by atoms with E-state index in [0.717, 1.165) is 24.5 Å². The van der Waals surface area contributed by atoms with Crippen LogP contribution in [0, 0.1) is 17.6 Å². The van der Waals surface area contributed by atoms with Crippen LogP contribution in [-0.2, 0) is 28.9 Å². The molecule has 0 unspecified atom stereocenters. The third kappa shape index (κ3) is 6.08. The second-order valence-electron chi connectivity index (χ2n) is 12.7. The number of nitrogens with zero attached hydrogens (tertiary/aromatic N) is 3. The van der Waals surface area contributed by atoms with Crippen molar-refractivity contribution >= 4 is 11.9 Å². The molecule has 0 saturated carbocycles. The molecule has 0 bridgehead atoms. The van der Waals surface area contributed by atoms with Crippen molar-refractivity contribution < 1.29 is 23.5 Å². The van der Waals surface area contributed by atoms with Crippen LogP contribution in [0.5, 0.6) is 0 Å². The molecule has 3 atom stereocenters. The van der Waals surface area contributed by atoms with E-state index >= 15 is 0 Å². The van der Waals surface area contributed by atoms with Gasteiger partial charge in [-0.1, -0.05) is 24.3 Å². The molecule has 0 radical (unpaired) electrons. The van der Waals surface area contributed by atoms with Crippen LogP contribution in [0.4, 0.5) is 8.78 Å². The van der Waals surface area contributed by atoms with E-state index < -0.39 is 29.6 Å². The van der Waals surface area contributed by atoms with E-state index in [2.05, 4.69) is 43.9 Å². The number of aryl methyl sites for hydroxylation is 2. The van der Waals surface area contributed by atoms with Gasteiger partial charge in [0.2, 0.25) is 5.91 Å². The van der Waals surface area contributed by atoms with Crippen LogP contribution in [0.25, 0.3) is 0 Å². The Hall–Kier alpha value is -2.84. The van der Waals surface area contributed by atoms with E-state index in [9.17, 15) is 23.5 Å². The maximum absolute atomic E-state index is 14.8. The predicted molar refractivity (Wildman–Crippen MR) is 150 cm³/mol. The van der Waals surface area contributed by atoms with Gasteiger partial charge in [-0.2, -0.15) is 0 Å². The van der Waals surface area contributed by atoms with Crippen LogP contribution in [0.1, 0.15) is 61.8 Å². The molecular weight excluding hydrogens is 512 g/mol.